The van der Waals surface area contributed by atoms with E-state index in [0.717, 1.165) is 5.56 Å². The Hall–Kier alpha value is -1.72. The van der Waals surface area contributed by atoms with Crippen LogP contribution in [0.1, 0.15) is 5.56 Å². The average Bonchev–Trinajstić information content (AvgIpc) is 2.34. The van der Waals surface area contributed by atoms with Gasteiger partial charge in [-0.25, -0.2) is 8.42 Å². The highest BCUT2D eigenvalue weighted by Crippen LogP contribution is 2.27. The van der Waals surface area contributed by atoms with Crippen molar-refractivity contribution in [1.29, 1.82) is 0 Å². The van der Waals surface area contributed by atoms with Gasteiger partial charge >= 0.3 is 0 Å². The maximum absolute atomic E-state index is 12.1. The molecule has 0 unspecified atom stereocenters. The number of aryl methyl sites for hydroxylation is 1. The van der Waals surface area contributed by atoms with Crippen molar-refractivity contribution in [2.45, 2.75) is 11.8 Å². The molecule has 0 saturated heterocycles. The molecule has 2 aromatic rings. The molecule has 0 aliphatic carbocycles. The van der Waals surface area contributed by atoms with Crippen LogP contribution in [-0.2, 0) is 10.0 Å². The molecule has 0 atom stereocenters. The van der Waals surface area contributed by atoms with Gasteiger partial charge < -0.3 is 5.11 Å². The second kappa shape index (κ2) is 5.11. The van der Waals surface area contributed by atoms with E-state index < -0.39 is 10.0 Å². The number of rotatable bonds is 3. The minimum absolute atomic E-state index is 0.0813. The second-order valence-corrected chi connectivity index (χ2v) is 6.20. The van der Waals surface area contributed by atoms with Gasteiger partial charge in [0.1, 0.15) is 5.75 Å². The van der Waals surface area contributed by atoms with Crippen LogP contribution < -0.4 is 4.72 Å². The predicted molar refractivity (Wildman–Crippen MR) is 75.1 cm³/mol. The Bertz CT molecular complexity index is 696. The van der Waals surface area contributed by atoms with Crippen molar-refractivity contribution < 1.29 is 13.5 Å². The molecule has 0 spiro atoms. The van der Waals surface area contributed by atoms with Crippen LogP contribution in [0.4, 0.5) is 5.69 Å². The summed E-state index contributed by atoms with van der Waals surface area (Å²) in [6, 6.07) is 10.5. The number of sulfonamides is 1. The van der Waals surface area contributed by atoms with Crippen LogP contribution in [0.3, 0.4) is 0 Å². The summed E-state index contributed by atoms with van der Waals surface area (Å²) in [5.41, 5.74) is 0.988. The normalized spacial score (nSPS) is 11.3. The first-order chi connectivity index (χ1) is 8.88. The number of hydrogen-bond acceptors (Lipinski definition) is 3. The maximum atomic E-state index is 12.1. The van der Waals surface area contributed by atoms with E-state index in [-0.39, 0.29) is 16.3 Å². The van der Waals surface area contributed by atoms with Gasteiger partial charge in [0.05, 0.1) is 10.6 Å². The summed E-state index contributed by atoms with van der Waals surface area (Å²) in [7, 11) is -3.74. The predicted octanol–water partition coefficient (Wildman–Crippen LogP) is 3.15. The molecule has 0 aromatic heterocycles. The Morgan fingerprint density at radius 1 is 1.11 bits per heavy atom. The summed E-state index contributed by atoms with van der Waals surface area (Å²) < 4.78 is 26.6. The van der Waals surface area contributed by atoms with Crippen LogP contribution in [0.5, 0.6) is 5.75 Å². The summed E-state index contributed by atoms with van der Waals surface area (Å²) in [4.78, 5) is 0.0813. The van der Waals surface area contributed by atoms with E-state index in [2.05, 4.69) is 4.72 Å². The van der Waals surface area contributed by atoms with Gasteiger partial charge in [-0.3, -0.25) is 4.72 Å². The standard InChI is InChI=1S/C13H12ClNO3S/c1-9-2-7-13(16)12(8-9)15-19(17,18)11-5-3-10(14)4-6-11/h2-8,15-16H,1H3. The van der Waals surface area contributed by atoms with Crippen LogP contribution in [0, 0.1) is 6.92 Å². The number of aromatic hydroxyl groups is 1. The first kappa shape index (κ1) is 13.7. The fourth-order valence-corrected chi connectivity index (χ4v) is 2.74. The number of hydrogen-bond donors (Lipinski definition) is 2. The molecule has 0 amide bonds. The van der Waals surface area contributed by atoms with E-state index in [0.29, 0.717) is 5.02 Å². The SMILES string of the molecule is Cc1ccc(O)c(NS(=O)(=O)c2ccc(Cl)cc2)c1. The Kier molecular flexibility index (Phi) is 3.68. The van der Waals surface area contributed by atoms with E-state index in [1.54, 1.807) is 19.1 Å². The molecule has 6 heteroatoms. The summed E-state index contributed by atoms with van der Waals surface area (Å²) in [6.07, 6.45) is 0. The fourth-order valence-electron chi connectivity index (χ4n) is 1.55. The van der Waals surface area contributed by atoms with Crippen molar-refractivity contribution in [3.05, 3.63) is 53.1 Å². The topological polar surface area (TPSA) is 66.4 Å². The number of benzene rings is 2. The monoisotopic (exact) mass is 297 g/mol. The van der Waals surface area contributed by atoms with Gasteiger partial charge in [0.2, 0.25) is 0 Å². The molecule has 0 saturated carbocycles. The molecule has 0 aliphatic rings. The molecule has 0 heterocycles. The van der Waals surface area contributed by atoms with Crippen molar-refractivity contribution >= 4 is 27.3 Å². The van der Waals surface area contributed by atoms with Gasteiger partial charge in [0, 0.05) is 5.02 Å². The summed E-state index contributed by atoms with van der Waals surface area (Å²) in [5, 5.41) is 10.1. The van der Waals surface area contributed by atoms with Crippen LogP contribution in [-0.4, -0.2) is 13.5 Å². The molecule has 4 nitrogen and oxygen atoms in total. The average molecular weight is 298 g/mol. The van der Waals surface area contributed by atoms with Gasteiger partial charge in [0.15, 0.2) is 0 Å². The van der Waals surface area contributed by atoms with Gasteiger partial charge in [0.25, 0.3) is 10.0 Å². The van der Waals surface area contributed by atoms with E-state index in [9.17, 15) is 13.5 Å². The van der Waals surface area contributed by atoms with Crippen molar-refractivity contribution in [1.82, 2.24) is 0 Å². The Morgan fingerprint density at radius 3 is 2.37 bits per heavy atom. The zero-order valence-corrected chi connectivity index (χ0v) is 11.7. The molecule has 0 fully saturated rings. The highest BCUT2D eigenvalue weighted by molar-refractivity contribution is 7.92. The molecule has 100 valence electrons. The van der Waals surface area contributed by atoms with Crippen molar-refractivity contribution in [3.8, 4) is 5.75 Å². The number of halogens is 1. The van der Waals surface area contributed by atoms with E-state index in [1.807, 2.05) is 0 Å². The van der Waals surface area contributed by atoms with Crippen molar-refractivity contribution in [2.24, 2.45) is 0 Å². The molecule has 19 heavy (non-hydrogen) atoms. The summed E-state index contributed by atoms with van der Waals surface area (Å²) >= 11 is 5.71. The van der Waals surface area contributed by atoms with Crippen LogP contribution in [0.25, 0.3) is 0 Å². The minimum Gasteiger partial charge on any atom is -0.506 e. The molecule has 2 aromatic carbocycles. The van der Waals surface area contributed by atoms with E-state index in [4.69, 9.17) is 11.6 Å². The lowest BCUT2D eigenvalue weighted by Crippen LogP contribution is -2.13. The van der Waals surface area contributed by atoms with Crippen molar-refractivity contribution in [2.75, 3.05) is 4.72 Å². The van der Waals surface area contributed by atoms with Gasteiger partial charge in [-0.05, 0) is 48.9 Å². The minimum atomic E-state index is -3.74. The molecule has 0 radical (unpaired) electrons. The molecule has 2 N–H and O–H groups in total. The second-order valence-electron chi connectivity index (χ2n) is 4.08. The van der Waals surface area contributed by atoms with Crippen LogP contribution >= 0.6 is 11.6 Å². The molecule has 0 bridgehead atoms. The lowest BCUT2D eigenvalue weighted by molar-refractivity contribution is 0.477. The van der Waals surface area contributed by atoms with Crippen LogP contribution in [0.15, 0.2) is 47.4 Å². The highest BCUT2D eigenvalue weighted by atomic mass is 35.5. The zero-order valence-electron chi connectivity index (χ0n) is 10.1. The quantitative estimate of drug-likeness (QED) is 0.855. The third-order valence-electron chi connectivity index (χ3n) is 2.52. The lowest BCUT2D eigenvalue weighted by Gasteiger charge is -2.10. The zero-order chi connectivity index (χ0) is 14.0. The van der Waals surface area contributed by atoms with E-state index >= 15 is 0 Å². The Labute approximate surface area is 116 Å². The lowest BCUT2D eigenvalue weighted by atomic mass is 10.2. The third-order valence-corrected chi connectivity index (χ3v) is 4.15. The largest absolute Gasteiger partial charge is 0.506 e. The first-order valence-corrected chi connectivity index (χ1v) is 7.32. The Morgan fingerprint density at radius 2 is 1.74 bits per heavy atom. The number of phenolic OH excluding ortho intramolecular Hbond substituents is 1. The first-order valence-electron chi connectivity index (χ1n) is 5.46. The number of nitrogens with one attached hydrogen (secondary N) is 1. The summed E-state index contributed by atoms with van der Waals surface area (Å²) in [5.74, 6) is -0.122. The number of anilines is 1. The highest BCUT2D eigenvalue weighted by Gasteiger charge is 2.15. The number of phenols is 1. The van der Waals surface area contributed by atoms with Gasteiger partial charge in [-0.15, -0.1) is 0 Å². The smallest absolute Gasteiger partial charge is 0.262 e. The van der Waals surface area contributed by atoms with Crippen molar-refractivity contribution in [3.63, 3.8) is 0 Å². The molecule has 0 aliphatic heterocycles. The molecular formula is C13H12ClNO3S. The molecule has 2 rings (SSSR count). The summed E-state index contributed by atoms with van der Waals surface area (Å²) in [6.45, 7) is 1.81. The third kappa shape index (κ3) is 3.19. The Balaban J connectivity index is 2.36. The van der Waals surface area contributed by atoms with Crippen LogP contribution in [0.2, 0.25) is 5.02 Å². The van der Waals surface area contributed by atoms with Gasteiger partial charge in [-0.2, -0.15) is 0 Å². The van der Waals surface area contributed by atoms with E-state index in [1.165, 1.54) is 30.3 Å². The molecular weight excluding hydrogens is 286 g/mol. The van der Waals surface area contributed by atoms with Gasteiger partial charge in [-0.1, -0.05) is 17.7 Å². The fraction of sp³-hybridized carbons (Fsp3) is 0.0769. The maximum Gasteiger partial charge on any atom is 0.262 e.